The molecule has 4 N–H and O–H groups in total. The van der Waals surface area contributed by atoms with Crippen molar-refractivity contribution in [3.8, 4) is 0 Å². The minimum Gasteiger partial charge on any atom is -0.326 e. The molecule has 1 aliphatic rings. The van der Waals surface area contributed by atoms with Crippen molar-refractivity contribution in [2.75, 3.05) is 17.2 Å². The van der Waals surface area contributed by atoms with E-state index in [9.17, 15) is 9.59 Å². The van der Waals surface area contributed by atoms with Crippen molar-refractivity contribution in [3.63, 3.8) is 0 Å². The van der Waals surface area contributed by atoms with E-state index in [1.54, 1.807) is 24.3 Å². The van der Waals surface area contributed by atoms with E-state index in [0.29, 0.717) is 22.9 Å². The van der Waals surface area contributed by atoms with Crippen molar-refractivity contribution >= 4 is 34.8 Å². The molecule has 7 heteroatoms. The second-order valence-corrected chi connectivity index (χ2v) is 7.31. The summed E-state index contributed by atoms with van der Waals surface area (Å²) in [6.45, 7) is 4.21. The predicted molar refractivity (Wildman–Crippen MR) is 107 cm³/mol. The van der Waals surface area contributed by atoms with Crippen LogP contribution < -0.4 is 21.5 Å². The van der Waals surface area contributed by atoms with Gasteiger partial charge in [-0.2, -0.15) is 0 Å². The maximum absolute atomic E-state index is 12.7. The molecule has 0 bridgehead atoms. The molecule has 142 valence electrons. The summed E-state index contributed by atoms with van der Waals surface area (Å²) in [7, 11) is 0. The van der Waals surface area contributed by atoms with E-state index in [1.165, 1.54) is 0 Å². The fourth-order valence-corrected chi connectivity index (χ4v) is 3.01. The fraction of sp³-hybridized carbons (Fsp3) is 0.300. The number of hydrazine groups is 1. The fourth-order valence-electron chi connectivity index (χ4n) is 2.89. The van der Waals surface area contributed by atoms with Gasteiger partial charge in [0.25, 0.3) is 0 Å². The number of hydrogen-bond donors (Lipinski definition) is 4. The molecular weight excluding hydrogens is 364 g/mol. The Labute approximate surface area is 163 Å². The molecule has 0 aromatic heterocycles. The SMILES string of the molecule is CC(C)C(=O)Nc1ccc(NC(=O)C2CNNC2c2ccc(Cl)cc2)cc1. The number of carbonyl (C=O) groups is 2. The average Bonchev–Trinajstić information content (AvgIpc) is 3.13. The van der Waals surface area contributed by atoms with Gasteiger partial charge in [0.15, 0.2) is 0 Å². The molecule has 1 aliphatic heterocycles. The van der Waals surface area contributed by atoms with E-state index in [4.69, 9.17) is 11.6 Å². The van der Waals surface area contributed by atoms with Gasteiger partial charge in [-0.3, -0.25) is 15.0 Å². The van der Waals surface area contributed by atoms with Crippen molar-refractivity contribution in [1.29, 1.82) is 0 Å². The van der Waals surface area contributed by atoms with Crippen LogP contribution in [0.1, 0.15) is 25.5 Å². The smallest absolute Gasteiger partial charge is 0.230 e. The van der Waals surface area contributed by atoms with Gasteiger partial charge in [0.1, 0.15) is 0 Å². The number of benzene rings is 2. The second-order valence-electron chi connectivity index (χ2n) is 6.87. The van der Waals surface area contributed by atoms with Gasteiger partial charge in [-0.05, 0) is 42.0 Å². The lowest BCUT2D eigenvalue weighted by Crippen LogP contribution is -2.29. The molecule has 0 aliphatic carbocycles. The van der Waals surface area contributed by atoms with Crippen LogP contribution in [0.2, 0.25) is 5.02 Å². The van der Waals surface area contributed by atoms with E-state index in [1.807, 2.05) is 38.1 Å². The molecule has 2 amide bonds. The van der Waals surface area contributed by atoms with Crippen LogP contribution in [-0.2, 0) is 9.59 Å². The Kier molecular flexibility index (Phi) is 6.11. The minimum absolute atomic E-state index is 0.0410. The molecule has 1 saturated heterocycles. The van der Waals surface area contributed by atoms with E-state index >= 15 is 0 Å². The van der Waals surface area contributed by atoms with Gasteiger partial charge in [0.2, 0.25) is 11.8 Å². The summed E-state index contributed by atoms with van der Waals surface area (Å²) in [4.78, 5) is 24.5. The summed E-state index contributed by atoms with van der Waals surface area (Å²) in [5, 5.41) is 6.43. The molecule has 0 radical (unpaired) electrons. The van der Waals surface area contributed by atoms with Crippen molar-refractivity contribution in [1.82, 2.24) is 10.9 Å². The molecule has 1 heterocycles. The van der Waals surface area contributed by atoms with Crippen LogP contribution in [-0.4, -0.2) is 18.4 Å². The summed E-state index contributed by atoms with van der Waals surface area (Å²) < 4.78 is 0. The zero-order valence-corrected chi connectivity index (χ0v) is 16.0. The molecule has 2 unspecified atom stereocenters. The first-order valence-electron chi connectivity index (χ1n) is 8.89. The number of carbonyl (C=O) groups excluding carboxylic acids is 2. The average molecular weight is 387 g/mol. The van der Waals surface area contributed by atoms with Gasteiger partial charge in [-0.25, -0.2) is 5.43 Å². The van der Waals surface area contributed by atoms with Crippen LogP contribution in [0.15, 0.2) is 48.5 Å². The molecule has 2 aromatic carbocycles. The number of hydrogen-bond acceptors (Lipinski definition) is 4. The summed E-state index contributed by atoms with van der Waals surface area (Å²) in [6.07, 6.45) is 0. The van der Waals surface area contributed by atoms with Crippen LogP contribution in [0.4, 0.5) is 11.4 Å². The van der Waals surface area contributed by atoms with E-state index in [0.717, 1.165) is 5.56 Å². The number of anilines is 2. The van der Waals surface area contributed by atoms with Gasteiger partial charge in [-0.1, -0.05) is 37.6 Å². The zero-order valence-electron chi connectivity index (χ0n) is 15.3. The van der Waals surface area contributed by atoms with Gasteiger partial charge in [0, 0.05) is 28.9 Å². The van der Waals surface area contributed by atoms with Crippen molar-refractivity contribution in [2.24, 2.45) is 11.8 Å². The summed E-state index contributed by atoms with van der Waals surface area (Å²) in [5.41, 5.74) is 8.59. The van der Waals surface area contributed by atoms with Crippen molar-refractivity contribution in [3.05, 3.63) is 59.1 Å². The molecule has 27 heavy (non-hydrogen) atoms. The number of amides is 2. The van der Waals surface area contributed by atoms with E-state index in [-0.39, 0.29) is 29.7 Å². The summed E-state index contributed by atoms with van der Waals surface area (Å²) in [5.74, 6) is -0.463. The molecule has 6 nitrogen and oxygen atoms in total. The van der Waals surface area contributed by atoms with Crippen LogP contribution in [0, 0.1) is 11.8 Å². The Bertz CT molecular complexity index is 806. The Morgan fingerprint density at radius 3 is 2.19 bits per heavy atom. The van der Waals surface area contributed by atoms with Gasteiger partial charge < -0.3 is 10.6 Å². The number of nitrogens with one attached hydrogen (secondary N) is 4. The standard InChI is InChI=1S/C20H23ClN4O2/c1-12(2)19(26)23-15-7-9-16(10-8-15)24-20(27)17-11-22-25-18(17)13-3-5-14(21)6-4-13/h3-10,12,17-18,22,25H,11H2,1-2H3,(H,23,26)(H,24,27). The Hall–Kier alpha value is -2.41. The summed E-state index contributed by atoms with van der Waals surface area (Å²) >= 11 is 5.94. The zero-order chi connectivity index (χ0) is 19.4. The second kappa shape index (κ2) is 8.52. The third-order valence-corrected chi connectivity index (χ3v) is 4.74. The lowest BCUT2D eigenvalue weighted by atomic mass is 9.94. The first-order chi connectivity index (χ1) is 12.9. The maximum Gasteiger partial charge on any atom is 0.230 e. The Morgan fingerprint density at radius 1 is 1.00 bits per heavy atom. The lowest BCUT2D eigenvalue weighted by Gasteiger charge is -2.18. The highest BCUT2D eigenvalue weighted by Crippen LogP contribution is 2.27. The lowest BCUT2D eigenvalue weighted by molar-refractivity contribution is -0.120. The highest BCUT2D eigenvalue weighted by atomic mass is 35.5. The molecule has 3 rings (SSSR count). The minimum atomic E-state index is -0.258. The molecule has 2 aromatic rings. The first kappa shape index (κ1) is 19.4. The third-order valence-electron chi connectivity index (χ3n) is 4.49. The first-order valence-corrected chi connectivity index (χ1v) is 9.27. The van der Waals surface area contributed by atoms with Crippen LogP contribution in [0.5, 0.6) is 0 Å². The summed E-state index contributed by atoms with van der Waals surface area (Å²) in [6, 6.07) is 14.4. The van der Waals surface area contributed by atoms with E-state index < -0.39 is 0 Å². The van der Waals surface area contributed by atoms with E-state index in [2.05, 4.69) is 21.5 Å². The van der Waals surface area contributed by atoms with Crippen LogP contribution in [0.25, 0.3) is 0 Å². The molecule has 0 spiro atoms. The predicted octanol–water partition coefficient (Wildman–Crippen LogP) is 3.34. The number of halogens is 1. The molecule has 1 fully saturated rings. The highest BCUT2D eigenvalue weighted by molar-refractivity contribution is 6.30. The monoisotopic (exact) mass is 386 g/mol. The topological polar surface area (TPSA) is 82.3 Å². The molecule has 2 atom stereocenters. The Balaban J connectivity index is 1.64. The largest absolute Gasteiger partial charge is 0.326 e. The van der Waals surface area contributed by atoms with Crippen LogP contribution in [0.3, 0.4) is 0 Å². The quantitative estimate of drug-likeness (QED) is 0.635. The molecular formula is C20H23ClN4O2. The third kappa shape index (κ3) is 4.86. The Morgan fingerprint density at radius 2 is 1.59 bits per heavy atom. The molecule has 0 saturated carbocycles. The van der Waals surface area contributed by atoms with Crippen molar-refractivity contribution in [2.45, 2.75) is 19.9 Å². The number of rotatable bonds is 5. The van der Waals surface area contributed by atoms with Crippen LogP contribution >= 0.6 is 11.6 Å². The highest BCUT2D eigenvalue weighted by Gasteiger charge is 2.33. The van der Waals surface area contributed by atoms with Gasteiger partial charge in [-0.15, -0.1) is 0 Å². The van der Waals surface area contributed by atoms with Gasteiger partial charge >= 0.3 is 0 Å². The normalized spacial score (nSPS) is 19.1. The van der Waals surface area contributed by atoms with Crippen molar-refractivity contribution < 1.29 is 9.59 Å². The maximum atomic E-state index is 12.7. The van der Waals surface area contributed by atoms with Gasteiger partial charge in [0.05, 0.1) is 12.0 Å².